The first-order valence-electron chi connectivity index (χ1n) is 5.89. The molecule has 0 aliphatic heterocycles. The Balaban J connectivity index is 1.92. The van der Waals surface area contributed by atoms with Crippen molar-refractivity contribution in [1.29, 1.82) is 0 Å². The van der Waals surface area contributed by atoms with Gasteiger partial charge in [0.05, 0.1) is 18.8 Å². The van der Waals surface area contributed by atoms with E-state index in [1.807, 2.05) is 19.9 Å². The maximum absolute atomic E-state index is 5.43. The van der Waals surface area contributed by atoms with Crippen molar-refractivity contribution in [1.82, 2.24) is 15.1 Å². The van der Waals surface area contributed by atoms with E-state index in [4.69, 9.17) is 9.26 Å². The topological polar surface area (TPSA) is 73.1 Å². The van der Waals surface area contributed by atoms with Gasteiger partial charge in [0.2, 0.25) is 5.88 Å². The smallest absolute Gasteiger partial charge is 0.218 e. The molecule has 0 aliphatic rings. The highest BCUT2D eigenvalue weighted by Crippen LogP contribution is 2.12. The molecule has 2 aromatic heterocycles. The lowest BCUT2D eigenvalue weighted by molar-refractivity contribution is 0.305. The number of ether oxygens (including phenoxy) is 1. The van der Waals surface area contributed by atoms with E-state index < -0.39 is 0 Å². The second-order valence-corrected chi connectivity index (χ2v) is 3.88. The molecule has 0 spiro atoms. The number of rotatable bonds is 6. The van der Waals surface area contributed by atoms with E-state index in [1.165, 1.54) is 6.33 Å². The predicted molar refractivity (Wildman–Crippen MR) is 66.4 cm³/mol. The fourth-order valence-electron chi connectivity index (χ4n) is 1.40. The fourth-order valence-corrected chi connectivity index (χ4v) is 1.40. The Hall–Kier alpha value is -2.11. The summed E-state index contributed by atoms with van der Waals surface area (Å²) in [5.74, 6) is 2.04. The summed E-state index contributed by atoms with van der Waals surface area (Å²) in [5.41, 5.74) is 0.862. The average molecular weight is 248 g/mol. The normalized spacial score (nSPS) is 10.3. The zero-order valence-corrected chi connectivity index (χ0v) is 10.5. The molecular weight excluding hydrogens is 232 g/mol. The third kappa shape index (κ3) is 3.44. The highest BCUT2D eigenvalue weighted by Gasteiger charge is 2.02. The summed E-state index contributed by atoms with van der Waals surface area (Å²) in [5, 5.41) is 6.94. The van der Waals surface area contributed by atoms with Crippen LogP contribution in [0.25, 0.3) is 0 Å². The molecule has 6 nitrogen and oxygen atoms in total. The van der Waals surface area contributed by atoms with Gasteiger partial charge in [0, 0.05) is 12.1 Å². The van der Waals surface area contributed by atoms with Gasteiger partial charge in [-0.25, -0.2) is 9.97 Å². The Morgan fingerprint density at radius 3 is 2.94 bits per heavy atom. The molecular formula is C12H16N4O2. The van der Waals surface area contributed by atoms with Gasteiger partial charge >= 0.3 is 0 Å². The first-order chi connectivity index (χ1) is 8.78. The monoisotopic (exact) mass is 248 g/mol. The third-order valence-corrected chi connectivity index (χ3v) is 2.22. The van der Waals surface area contributed by atoms with Crippen molar-refractivity contribution in [3.63, 3.8) is 0 Å². The average Bonchev–Trinajstić information content (AvgIpc) is 2.80. The second-order valence-electron chi connectivity index (χ2n) is 3.88. The molecule has 0 saturated heterocycles. The summed E-state index contributed by atoms with van der Waals surface area (Å²) in [7, 11) is 0. The highest BCUT2D eigenvalue weighted by molar-refractivity contribution is 5.37. The van der Waals surface area contributed by atoms with Crippen molar-refractivity contribution < 1.29 is 9.26 Å². The molecule has 0 atom stereocenters. The molecule has 0 bridgehead atoms. The van der Waals surface area contributed by atoms with Gasteiger partial charge in [-0.1, -0.05) is 12.1 Å². The van der Waals surface area contributed by atoms with Crippen LogP contribution in [0.5, 0.6) is 5.88 Å². The van der Waals surface area contributed by atoms with Crippen LogP contribution in [-0.4, -0.2) is 21.7 Å². The first-order valence-corrected chi connectivity index (χ1v) is 5.89. The van der Waals surface area contributed by atoms with Gasteiger partial charge in [-0.3, -0.25) is 0 Å². The molecule has 0 aliphatic carbocycles. The van der Waals surface area contributed by atoms with Gasteiger partial charge in [0.25, 0.3) is 0 Å². The lowest BCUT2D eigenvalue weighted by Crippen LogP contribution is -2.03. The lowest BCUT2D eigenvalue weighted by atomic mass is 10.4. The molecule has 0 amide bonds. The molecule has 18 heavy (non-hydrogen) atoms. The minimum atomic E-state index is 0.533. The number of anilines is 1. The molecule has 1 N–H and O–H groups in total. The lowest BCUT2D eigenvalue weighted by Gasteiger charge is -2.06. The first kappa shape index (κ1) is 12.3. The van der Waals surface area contributed by atoms with Gasteiger partial charge < -0.3 is 14.6 Å². The third-order valence-electron chi connectivity index (χ3n) is 2.22. The largest absolute Gasteiger partial charge is 0.478 e. The van der Waals surface area contributed by atoms with Crippen LogP contribution in [0.15, 0.2) is 23.0 Å². The molecule has 0 aromatic carbocycles. The minimum absolute atomic E-state index is 0.533. The SMILES string of the molecule is CCCOc1cc(NCc2cc(C)no2)ncn1. The molecule has 0 fully saturated rings. The van der Waals surface area contributed by atoms with Gasteiger partial charge in [-0.2, -0.15) is 0 Å². The van der Waals surface area contributed by atoms with Crippen molar-refractivity contribution in [3.8, 4) is 5.88 Å². The van der Waals surface area contributed by atoms with Gasteiger partial charge in [-0.15, -0.1) is 0 Å². The van der Waals surface area contributed by atoms with Crippen LogP contribution >= 0.6 is 0 Å². The van der Waals surface area contributed by atoms with E-state index in [0.29, 0.717) is 24.8 Å². The molecule has 0 saturated carbocycles. The van der Waals surface area contributed by atoms with Crippen molar-refractivity contribution >= 4 is 5.82 Å². The van der Waals surface area contributed by atoms with Gasteiger partial charge in [0.15, 0.2) is 5.76 Å². The molecule has 96 valence electrons. The summed E-state index contributed by atoms with van der Waals surface area (Å²) in [6.07, 6.45) is 2.42. The number of aromatic nitrogens is 3. The molecule has 2 heterocycles. The Morgan fingerprint density at radius 2 is 2.22 bits per heavy atom. The highest BCUT2D eigenvalue weighted by atomic mass is 16.5. The summed E-state index contributed by atoms with van der Waals surface area (Å²) in [4.78, 5) is 8.13. The predicted octanol–water partition coefficient (Wildman–Crippen LogP) is 2.17. The number of hydrogen-bond donors (Lipinski definition) is 1. The van der Waals surface area contributed by atoms with Crippen molar-refractivity contribution in [2.24, 2.45) is 0 Å². The Bertz CT molecular complexity index is 498. The van der Waals surface area contributed by atoms with Crippen LogP contribution in [-0.2, 0) is 6.54 Å². The van der Waals surface area contributed by atoms with Gasteiger partial charge in [-0.05, 0) is 13.3 Å². The zero-order valence-electron chi connectivity index (χ0n) is 10.5. The maximum Gasteiger partial charge on any atom is 0.218 e. The van der Waals surface area contributed by atoms with Crippen LogP contribution in [0.4, 0.5) is 5.82 Å². The van der Waals surface area contributed by atoms with Crippen molar-refractivity contribution in [2.75, 3.05) is 11.9 Å². The molecule has 6 heteroatoms. The minimum Gasteiger partial charge on any atom is -0.478 e. The number of nitrogens with one attached hydrogen (secondary N) is 1. The quantitative estimate of drug-likeness (QED) is 0.844. The van der Waals surface area contributed by atoms with Crippen LogP contribution in [0.1, 0.15) is 24.8 Å². The Labute approximate surface area is 105 Å². The van der Waals surface area contributed by atoms with Crippen LogP contribution in [0, 0.1) is 6.92 Å². The molecule has 2 aromatic rings. The van der Waals surface area contributed by atoms with E-state index in [2.05, 4.69) is 20.4 Å². The fraction of sp³-hybridized carbons (Fsp3) is 0.417. The summed E-state index contributed by atoms with van der Waals surface area (Å²) in [6.45, 7) is 5.11. The van der Waals surface area contributed by atoms with E-state index in [9.17, 15) is 0 Å². The van der Waals surface area contributed by atoms with Crippen LogP contribution in [0.3, 0.4) is 0 Å². The maximum atomic E-state index is 5.43. The number of hydrogen-bond acceptors (Lipinski definition) is 6. The molecule has 2 rings (SSSR count). The van der Waals surface area contributed by atoms with Crippen molar-refractivity contribution in [2.45, 2.75) is 26.8 Å². The standard InChI is InChI=1S/C12H16N4O2/c1-3-4-17-12-6-11(14-8-15-12)13-7-10-5-9(2)16-18-10/h5-6,8H,3-4,7H2,1-2H3,(H,13,14,15). The van der Waals surface area contributed by atoms with Crippen LogP contribution in [0.2, 0.25) is 0 Å². The van der Waals surface area contributed by atoms with E-state index >= 15 is 0 Å². The number of aryl methyl sites for hydroxylation is 1. The molecule has 0 radical (unpaired) electrons. The van der Waals surface area contributed by atoms with Gasteiger partial charge in [0.1, 0.15) is 12.1 Å². The van der Waals surface area contributed by atoms with E-state index in [0.717, 1.165) is 17.9 Å². The number of nitrogens with zero attached hydrogens (tertiary/aromatic N) is 3. The summed E-state index contributed by atoms with van der Waals surface area (Å²) >= 11 is 0. The van der Waals surface area contributed by atoms with E-state index in [-0.39, 0.29) is 0 Å². The summed E-state index contributed by atoms with van der Waals surface area (Å²) < 4.78 is 10.5. The second kappa shape index (κ2) is 6.00. The van der Waals surface area contributed by atoms with Crippen LogP contribution < -0.4 is 10.1 Å². The van der Waals surface area contributed by atoms with E-state index in [1.54, 1.807) is 6.07 Å². The molecule has 0 unspecified atom stereocenters. The Morgan fingerprint density at radius 1 is 1.33 bits per heavy atom. The van der Waals surface area contributed by atoms with Crippen molar-refractivity contribution in [3.05, 3.63) is 29.9 Å². The Kier molecular flexibility index (Phi) is 4.11. The zero-order chi connectivity index (χ0) is 12.8. The summed E-state index contributed by atoms with van der Waals surface area (Å²) in [6, 6.07) is 3.64.